The summed E-state index contributed by atoms with van der Waals surface area (Å²) in [6.07, 6.45) is 7.02. The van der Waals surface area contributed by atoms with Crippen molar-refractivity contribution in [3.8, 4) is 40.2 Å². The lowest BCUT2D eigenvalue weighted by Crippen LogP contribution is -2.57. The van der Waals surface area contributed by atoms with Crippen LogP contribution in [0.3, 0.4) is 0 Å². The van der Waals surface area contributed by atoms with E-state index in [9.17, 15) is 5.11 Å². The Morgan fingerprint density at radius 2 is 1.86 bits per heavy atom. The summed E-state index contributed by atoms with van der Waals surface area (Å²) in [5.74, 6) is 1.59. The molecule has 2 aromatic heterocycles. The zero-order chi connectivity index (χ0) is 24.2. The molecule has 0 spiro atoms. The third kappa shape index (κ3) is 3.78. The number of halogens is 1. The molecule has 10 nitrogen and oxygen atoms in total. The number of nitrogens with zero attached hydrogens (tertiary/aromatic N) is 6. The molecule has 3 aromatic rings. The summed E-state index contributed by atoms with van der Waals surface area (Å²) in [5.41, 5.74) is 1.66. The smallest absolute Gasteiger partial charge is 0.278 e. The number of phenols is 1. The normalized spacial score (nSPS) is 26.6. The van der Waals surface area contributed by atoms with Gasteiger partial charge in [-0.25, -0.2) is 19.3 Å². The predicted octanol–water partition coefficient (Wildman–Crippen LogP) is 2.67. The number of aromatic hydroxyl groups is 1. The minimum absolute atomic E-state index is 0.00320. The van der Waals surface area contributed by atoms with E-state index in [0.717, 1.165) is 32.1 Å². The summed E-state index contributed by atoms with van der Waals surface area (Å²) < 4.78 is 26.2. The Bertz CT molecular complexity index is 1290. The lowest BCUT2D eigenvalue weighted by atomic mass is 9.96. The molecule has 2 N–H and O–H groups in total. The van der Waals surface area contributed by atoms with E-state index in [1.54, 1.807) is 30.6 Å². The van der Waals surface area contributed by atoms with Crippen LogP contribution >= 0.6 is 0 Å². The summed E-state index contributed by atoms with van der Waals surface area (Å²) in [4.78, 5) is 15.3. The average molecular weight is 492 g/mol. The van der Waals surface area contributed by atoms with Crippen LogP contribution in [0.5, 0.6) is 17.5 Å². The molecule has 1 aromatic carbocycles. The average Bonchev–Trinajstić information content (AvgIpc) is 3.66. The number of rotatable bonds is 5. The molecule has 0 radical (unpaired) electrons. The van der Waals surface area contributed by atoms with Crippen molar-refractivity contribution in [1.29, 1.82) is 0 Å². The van der Waals surface area contributed by atoms with Gasteiger partial charge in [-0.1, -0.05) is 6.07 Å². The van der Waals surface area contributed by atoms with Crippen molar-refractivity contribution in [3.63, 3.8) is 0 Å². The number of hydrogen-bond donors (Lipinski definition) is 2. The summed E-state index contributed by atoms with van der Waals surface area (Å²) in [6, 6.07) is 5.47. The van der Waals surface area contributed by atoms with Gasteiger partial charge in [0.25, 0.3) is 11.8 Å². The van der Waals surface area contributed by atoms with Gasteiger partial charge >= 0.3 is 0 Å². The Kier molecular flexibility index (Phi) is 5.12. The SMILES string of the molecule is Oc1cc(-c2cnc3c(n2)OCCO3)ccc1-c1ncc(N(C2CC2)[C@@H]2C[C@@H]3CC[C@H](N3)[C@@H]2F)nn1. The molecule has 1 saturated carbocycles. The molecule has 4 atom stereocenters. The van der Waals surface area contributed by atoms with Gasteiger partial charge in [0.2, 0.25) is 0 Å². The van der Waals surface area contributed by atoms with Gasteiger partial charge < -0.3 is 24.8 Å². The number of aromatic nitrogens is 5. The first-order valence-electron chi connectivity index (χ1n) is 12.5. The summed E-state index contributed by atoms with van der Waals surface area (Å²) in [5, 5.41) is 22.9. The number of nitrogens with one attached hydrogen (secondary N) is 1. The number of anilines is 1. The molecular formula is C25H26FN7O3. The van der Waals surface area contributed by atoms with Gasteiger partial charge in [-0.3, -0.25) is 0 Å². The third-order valence-corrected chi connectivity index (χ3v) is 7.47. The van der Waals surface area contributed by atoms with Crippen LogP contribution in [0.15, 0.2) is 30.6 Å². The fourth-order valence-corrected chi connectivity index (χ4v) is 5.59. The van der Waals surface area contributed by atoms with Crippen LogP contribution in [0.2, 0.25) is 0 Å². The molecule has 3 fully saturated rings. The first-order valence-corrected chi connectivity index (χ1v) is 12.5. The van der Waals surface area contributed by atoms with E-state index in [1.807, 2.05) is 0 Å². The van der Waals surface area contributed by atoms with Crippen LogP contribution in [0, 0.1) is 0 Å². The van der Waals surface area contributed by atoms with E-state index in [1.165, 1.54) is 0 Å². The van der Waals surface area contributed by atoms with Crippen molar-refractivity contribution < 1.29 is 19.0 Å². The van der Waals surface area contributed by atoms with E-state index < -0.39 is 6.17 Å². The highest BCUT2D eigenvalue weighted by Crippen LogP contribution is 2.40. The molecule has 5 heterocycles. The fourth-order valence-electron chi connectivity index (χ4n) is 5.59. The predicted molar refractivity (Wildman–Crippen MR) is 128 cm³/mol. The van der Waals surface area contributed by atoms with Crippen LogP contribution < -0.4 is 19.7 Å². The van der Waals surface area contributed by atoms with E-state index in [-0.39, 0.29) is 23.9 Å². The third-order valence-electron chi connectivity index (χ3n) is 7.47. The topological polar surface area (TPSA) is 118 Å². The highest BCUT2D eigenvalue weighted by Gasteiger charge is 2.48. The molecule has 7 rings (SSSR count). The largest absolute Gasteiger partial charge is 0.507 e. The number of piperidine rings is 1. The molecule has 2 saturated heterocycles. The van der Waals surface area contributed by atoms with Crippen molar-refractivity contribution in [1.82, 2.24) is 30.5 Å². The zero-order valence-corrected chi connectivity index (χ0v) is 19.5. The number of alkyl halides is 1. The van der Waals surface area contributed by atoms with Gasteiger partial charge in [0.05, 0.1) is 29.7 Å². The molecule has 1 aliphatic carbocycles. The van der Waals surface area contributed by atoms with Crippen LogP contribution in [-0.2, 0) is 0 Å². The molecule has 11 heteroatoms. The van der Waals surface area contributed by atoms with Gasteiger partial charge in [-0.05, 0) is 44.2 Å². The van der Waals surface area contributed by atoms with Gasteiger partial charge in [0.15, 0.2) is 11.6 Å². The number of fused-ring (bicyclic) bond motifs is 3. The molecule has 4 aliphatic rings. The molecule has 2 bridgehead atoms. The Labute approximate surface area is 206 Å². The highest BCUT2D eigenvalue weighted by atomic mass is 19.1. The van der Waals surface area contributed by atoms with Gasteiger partial charge in [-0.15, -0.1) is 10.2 Å². The van der Waals surface area contributed by atoms with Crippen molar-refractivity contribution in [3.05, 3.63) is 30.6 Å². The molecule has 186 valence electrons. The maximum Gasteiger partial charge on any atom is 0.278 e. The standard InChI is InChI=1S/C25H26FN7O3/c26-22-17-6-2-14(29-17)10-19(22)33(15-3-4-15)21-12-27-23(32-31-21)16-5-1-13(9-20(16)34)18-11-28-24-25(30-18)36-8-7-35-24/h1,5,9,11-12,14-15,17,19,22,29,34H,2-4,6-8,10H2/t14-,17-,19+,22-/m0/s1. The molecule has 0 unspecified atom stereocenters. The van der Waals surface area contributed by atoms with Gasteiger partial charge in [-0.2, -0.15) is 0 Å². The Hall–Kier alpha value is -3.60. The molecule has 0 amide bonds. The number of phenolic OH excluding ortho intramolecular Hbond substituents is 1. The van der Waals surface area contributed by atoms with Crippen LogP contribution in [0.25, 0.3) is 22.6 Å². The van der Waals surface area contributed by atoms with E-state index in [2.05, 4.69) is 35.4 Å². The Morgan fingerprint density at radius 1 is 1.00 bits per heavy atom. The molecule has 36 heavy (non-hydrogen) atoms. The minimum Gasteiger partial charge on any atom is -0.507 e. The minimum atomic E-state index is -0.939. The zero-order valence-electron chi connectivity index (χ0n) is 19.5. The number of ether oxygens (including phenoxy) is 2. The monoisotopic (exact) mass is 491 g/mol. The van der Waals surface area contributed by atoms with Crippen LogP contribution in [-0.4, -0.2) is 73.8 Å². The van der Waals surface area contributed by atoms with Crippen molar-refractivity contribution in [2.75, 3.05) is 18.1 Å². The Morgan fingerprint density at radius 3 is 2.64 bits per heavy atom. The molecule has 3 aliphatic heterocycles. The summed E-state index contributed by atoms with van der Waals surface area (Å²) in [7, 11) is 0. The van der Waals surface area contributed by atoms with Crippen LogP contribution in [0.4, 0.5) is 10.2 Å². The van der Waals surface area contributed by atoms with Crippen molar-refractivity contribution >= 4 is 5.82 Å². The number of benzene rings is 1. The van der Waals surface area contributed by atoms with Gasteiger partial charge in [0, 0.05) is 23.7 Å². The maximum absolute atomic E-state index is 15.3. The maximum atomic E-state index is 15.3. The van der Waals surface area contributed by atoms with E-state index >= 15 is 4.39 Å². The van der Waals surface area contributed by atoms with E-state index in [4.69, 9.17) is 9.47 Å². The quantitative estimate of drug-likeness (QED) is 0.551. The first kappa shape index (κ1) is 21.7. The van der Waals surface area contributed by atoms with Crippen molar-refractivity contribution in [2.24, 2.45) is 0 Å². The summed E-state index contributed by atoms with van der Waals surface area (Å²) in [6.45, 7) is 0.855. The number of hydrogen-bond acceptors (Lipinski definition) is 10. The molecular weight excluding hydrogens is 465 g/mol. The van der Waals surface area contributed by atoms with Gasteiger partial charge in [0.1, 0.15) is 25.1 Å². The highest BCUT2D eigenvalue weighted by molar-refractivity contribution is 5.71. The second-order valence-corrected chi connectivity index (χ2v) is 9.87. The second kappa shape index (κ2) is 8.51. The van der Waals surface area contributed by atoms with Crippen LogP contribution in [0.1, 0.15) is 32.1 Å². The van der Waals surface area contributed by atoms with Crippen molar-refractivity contribution in [2.45, 2.75) is 62.4 Å². The Balaban J connectivity index is 1.14. The fraction of sp³-hybridized carbons (Fsp3) is 0.480. The first-order chi connectivity index (χ1) is 17.6. The lowest BCUT2D eigenvalue weighted by Gasteiger charge is -2.40. The summed E-state index contributed by atoms with van der Waals surface area (Å²) >= 11 is 0. The lowest BCUT2D eigenvalue weighted by molar-refractivity contribution is 0.157. The second-order valence-electron chi connectivity index (χ2n) is 9.87. The van der Waals surface area contributed by atoms with E-state index in [0.29, 0.717) is 59.5 Å².